The van der Waals surface area contributed by atoms with E-state index in [0.717, 1.165) is 26.1 Å². The Morgan fingerprint density at radius 3 is 1.83 bits per heavy atom. The van der Waals surface area contributed by atoms with E-state index < -0.39 is 0 Å². The minimum atomic E-state index is -0.220. The van der Waals surface area contributed by atoms with Gasteiger partial charge in [-0.25, -0.2) is 0 Å². The highest BCUT2D eigenvalue weighted by Gasteiger charge is 2.32. The maximum absolute atomic E-state index is 5.69. The zero-order chi connectivity index (χ0) is 8.86. The molecule has 1 rings (SSSR count). The third-order valence-electron chi connectivity index (χ3n) is 2.43. The van der Waals surface area contributed by atoms with Crippen LogP contribution in [0.3, 0.4) is 0 Å². The molecule has 1 aliphatic carbocycles. The second kappa shape index (κ2) is 4.83. The Kier molecular flexibility index (Phi) is 4.02. The molecule has 2 heteroatoms. The normalized spacial score (nSPS) is 22.5. The smallest absolute Gasteiger partial charge is 0.168 e. The topological polar surface area (TPSA) is 18.5 Å². The predicted octanol–water partition coefficient (Wildman–Crippen LogP) is 2.72. The average Bonchev–Trinajstić information content (AvgIpc) is 2.07. The summed E-state index contributed by atoms with van der Waals surface area (Å²) in [5, 5.41) is 0. The van der Waals surface area contributed by atoms with Crippen LogP contribution < -0.4 is 0 Å². The van der Waals surface area contributed by atoms with E-state index in [1.165, 1.54) is 19.3 Å². The number of hydrogen-bond donors (Lipinski definition) is 0. The highest BCUT2D eigenvalue weighted by atomic mass is 16.7. The highest BCUT2D eigenvalue weighted by Crippen LogP contribution is 2.32. The molecule has 0 aromatic heterocycles. The van der Waals surface area contributed by atoms with Crippen molar-refractivity contribution >= 4 is 0 Å². The minimum Gasteiger partial charge on any atom is -0.350 e. The lowest BCUT2D eigenvalue weighted by atomic mass is 9.94. The fourth-order valence-corrected chi connectivity index (χ4v) is 1.95. The number of ether oxygens (including phenoxy) is 2. The van der Waals surface area contributed by atoms with Gasteiger partial charge in [0.2, 0.25) is 0 Å². The molecule has 12 heavy (non-hydrogen) atoms. The fourth-order valence-electron chi connectivity index (χ4n) is 1.95. The van der Waals surface area contributed by atoms with E-state index in [1.54, 1.807) is 0 Å². The molecular weight excluding hydrogens is 152 g/mol. The van der Waals surface area contributed by atoms with Crippen LogP contribution in [0.15, 0.2) is 0 Å². The summed E-state index contributed by atoms with van der Waals surface area (Å²) >= 11 is 0. The quantitative estimate of drug-likeness (QED) is 0.607. The maximum atomic E-state index is 5.69. The lowest BCUT2D eigenvalue weighted by molar-refractivity contribution is -0.248. The van der Waals surface area contributed by atoms with Crippen LogP contribution in [0.5, 0.6) is 0 Å². The molecule has 2 nitrogen and oxygen atoms in total. The molecule has 0 amide bonds. The molecule has 0 spiro atoms. The van der Waals surface area contributed by atoms with E-state index in [-0.39, 0.29) is 5.79 Å². The predicted molar refractivity (Wildman–Crippen MR) is 49.1 cm³/mol. The van der Waals surface area contributed by atoms with Crippen molar-refractivity contribution in [3.05, 3.63) is 0 Å². The van der Waals surface area contributed by atoms with Crippen LogP contribution in [0.25, 0.3) is 0 Å². The standard InChI is InChI=1S/C10H20O2/c1-3-11-10(12-4-2)8-6-5-7-9-10/h3-9H2,1-2H3. The summed E-state index contributed by atoms with van der Waals surface area (Å²) < 4.78 is 11.4. The van der Waals surface area contributed by atoms with Gasteiger partial charge in [-0.1, -0.05) is 6.42 Å². The van der Waals surface area contributed by atoms with E-state index in [4.69, 9.17) is 9.47 Å². The lowest BCUT2D eigenvalue weighted by Crippen LogP contribution is -2.38. The van der Waals surface area contributed by atoms with Gasteiger partial charge in [0.1, 0.15) is 0 Å². The van der Waals surface area contributed by atoms with Gasteiger partial charge in [0.25, 0.3) is 0 Å². The highest BCUT2D eigenvalue weighted by molar-refractivity contribution is 4.74. The first-order valence-electron chi connectivity index (χ1n) is 5.11. The van der Waals surface area contributed by atoms with Crippen LogP contribution in [0.4, 0.5) is 0 Å². The summed E-state index contributed by atoms with van der Waals surface area (Å²) in [4.78, 5) is 0. The van der Waals surface area contributed by atoms with Crippen molar-refractivity contribution in [2.45, 2.75) is 51.7 Å². The van der Waals surface area contributed by atoms with E-state index in [1.807, 2.05) is 13.8 Å². The van der Waals surface area contributed by atoms with Gasteiger partial charge in [-0.3, -0.25) is 0 Å². The van der Waals surface area contributed by atoms with Gasteiger partial charge in [-0.15, -0.1) is 0 Å². The second-order valence-electron chi connectivity index (χ2n) is 3.34. The summed E-state index contributed by atoms with van der Waals surface area (Å²) in [5.41, 5.74) is 0. The monoisotopic (exact) mass is 172 g/mol. The minimum absolute atomic E-state index is 0.220. The van der Waals surface area contributed by atoms with Crippen molar-refractivity contribution in [3.63, 3.8) is 0 Å². The average molecular weight is 172 g/mol. The van der Waals surface area contributed by atoms with E-state index in [0.29, 0.717) is 0 Å². The van der Waals surface area contributed by atoms with Crippen molar-refractivity contribution in [3.8, 4) is 0 Å². The molecule has 1 fully saturated rings. The third-order valence-corrected chi connectivity index (χ3v) is 2.43. The fraction of sp³-hybridized carbons (Fsp3) is 1.00. The SMILES string of the molecule is CCOC1(OCC)CCCCC1. The summed E-state index contributed by atoms with van der Waals surface area (Å²) in [5.74, 6) is -0.220. The van der Waals surface area contributed by atoms with Gasteiger partial charge in [0, 0.05) is 26.1 Å². The zero-order valence-corrected chi connectivity index (χ0v) is 8.27. The van der Waals surface area contributed by atoms with Crippen LogP contribution in [0.1, 0.15) is 46.0 Å². The van der Waals surface area contributed by atoms with Crippen molar-refractivity contribution < 1.29 is 9.47 Å². The maximum Gasteiger partial charge on any atom is 0.168 e. The molecule has 1 aliphatic rings. The molecule has 1 saturated carbocycles. The van der Waals surface area contributed by atoms with E-state index in [2.05, 4.69) is 0 Å². The molecule has 0 saturated heterocycles. The van der Waals surface area contributed by atoms with Crippen molar-refractivity contribution in [1.29, 1.82) is 0 Å². The lowest BCUT2D eigenvalue weighted by Gasteiger charge is -2.36. The molecular formula is C10H20O2. The first-order chi connectivity index (χ1) is 5.83. The molecule has 0 N–H and O–H groups in total. The van der Waals surface area contributed by atoms with Crippen LogP contribution in [0, 0.1) is 0 Å². The van der Waals surface area contributed by atoms with Crippen LogP contribution in [-0.2, 0) is 9.47 Å². The molecule has 0 radical (unpaired) electrons. The van der Waals surface area contributed by atoms with Crippen molar-refractivity contribution in [1.82, 2.24) is 0 Å². The summed E-state index contributed by atoms with van der Waals surface area (Å²) in [6.07, 6.45) is 5.99. The van der Waals surface area contributed by atoms with Gasteiger partial charge >= 0.3 is 0 Å². The van der Waals surface area contributed by atoms with Gasteiger partial charge in [-0.2, -0.15) is 0 Å². The Balaban J connectivity index is 2.44. The molecule has 0 heterocycles. The van der Waals surface area contributed by atoms with Crippen LogP contribution in [-0.4, -0.2) is 19.0 Å². The van der Waals surface area contributed by atoms with Crippen molar-refractivity contribution in [2.24, 2.45) is 0 Å². The van der Waals surface area contributed by atoms with Gasteiger partial charge in [0.05, 0.1) is 0 Å². The Morgan fingerprint density at radius 1 is 0.917 bits per heavy atom. The molecule has 0 aromatic carbocycles. The number of rotatable bonds is 4. The number of hydrogen-bond acceptors (Lipinski definition) is 2. The van der Waals surface area contributed by atoms with Gasteiger partial charge in [-0.05, 0) is 26.7 Å². The van der Waals surface area contributed by atoms with Crippen LogP contribution >= 0.6 is 0 Å². The summed E-state index contributed by atoms with van der Waals surface area (Å²) in [6.45, 7) is 5.60. The Bertz CT molecular complexity index is 101. The summed E-state index contributed by atoms with van der Waals surface area (Å²) in [6, 6.07) is 0. The first-order valence-corrected chi connectivity index (χ1v) is 5.11. The largest absolute Gasteiger partial charge is 0.350 e. The molecule has 0 aliphatic heterocycles. The van der Waals surface area contributed by atoms with E-state index in [9.17, 15) is 0 Å². The zero-order valence-electron chi connectivity index (χ0n) is 8.27. The molecule has 72 valence electrons. The van der Waals surface area contributed by atoms with Gasteiger partial charge < -0.3 is 9.47 Å². The third kappa shape index (κ3) is 2.46. The first kappa shape index (κ1) is 10.0. The molecule has 0 unspecified atom stereocenters. The Hall–Kier alpha value is -0.0800. The van der Waals surface area contributed by atoms with Crippen molar-refractivity contribution in [2.75, 3.05) is 13.2 Å². The molecule has 0 bridgehead atoms. The van der Waals surface area contributed by atoms with Gasteiger partial charge in [0.15, 0.2) is 5.79 Å². The molecule has 0 aromatic rings. The molecule has 0 atom stereocenters. The Morgan fingerprint density at radius 2 is 1.42 bits per heavy atom. The second-order valence-corrected chi connectivity index (χ2v) is 3.34. The summed E-state index contributed by atoms with van der Waals surface area (Å²) in [7, 11) is 0. The Labute approximate surface area is 75.2 Å². The van der Waals surface area contributed by atoms with E-state index >= 15 is 0 Å². The van der Waals surface area contributed by atoms with Crippen LogP contribution in [0.2, 0.25) is 0 Å².